The molecule has 0 amide bonds. The number of aliphatic hydroxyl groups excluding tert-OH is 1. The van der Waals surface area contributed by atoms with Gasteiger partial charge in [-0.3, -0.25) is 0 Å². The zero-order valence-electron chi connectivity index (χ0n) is 10.3. The van der Waals surface area contributed by atoms with E-state index < -0.39 is 0 Å². The van der Waals surface area contributed by atoms with Gasteiger partial charge in [0.05, 0.1) is 18.0 Å². The summed E-state index contributed by atoms with van der Waals surface area (Å²) < 4.78 is 0. The number of anilines is 2. The summed E-state index contributed by atoms with van der Waals surface area (Å²) in [6.07, 6.45) is 5.73. The Labute approximate surface area is 102 Å². The molecule has 1 aromatic heterocycles. The number of pyridine rings is 1. The van der Waals surface area contributed by atoms with Gasteiger partial charge < -0.3 is 16.2 Å². The number of nitrogens with two attached hydrogens (primary N) is 1. The summed E-state index contributed by atoms with van der Waals surface area (Å²) in [5.41, 5.74) is 7.43. The van der Waals surface area contributed by atoms with Gasteiger partial charge in [0.15, 0.2) is 0 Å². The minimum Gasteiger partial charge on any atom is -0.397 e. The summed E-state index contributed by atoms with van der Waals surface area (Å²) in [5, 5.41) is 13.0. The molecule has 2 atom stereocenters. The van der Waals surface area contributed by atoms with Gasteiger partial charge in [0, 0.05) is 6.54 Å². The maximum absolute atomic E-state index is 9.61. The average molecular weight is 235 g/mol. The van der Waals surface area contributed by atoms with Crippen LogP contribution in [0.4, 0.5) is 11.5 Å². The maximum atomic E-state index is 9.61. The van der Waals surface area contributed by atoms with Gasteiger partial charge in [-0.15, -0.1) is 0 Å². The molecule has 17 heavy (non-hydrogen) atoms. The molecule has 1 aliphatic carbocycles. The van der Waals surface area contributed by atoms with Crippen LogP contribution in [0.5, 0.6) is 0 Å². The van der Waals surface area contributed by atoms with E-state index in [0.29, 0.717) is 11.6 Å². The van der Waals surface area contributed by atoms with Gasteiger partial charge in [-0.25, -0.2) is 4.98 Å². The largest absolute Gasteiger partial charge is 0.397 e. The summed E-state index contributed by atoms with van der Waals surface area (Å²) in [4.78, 5) is 4.28. The molecular weight excluding hydrogens is 214 g/mol. The Hall–Kier alpha value is -1.29. The van der Waals surface area contributed by atoms with Crippen molar-refractivity contribution in [2.24, 2.45) is 5.92 Å². The summed E-state index contributed by atoms with van der Waals surface area (Å²) in [7, 11) is 0. The quantitative estimate of drug-likeness (QED) is 0.748. The van der Waals surface area contributed by atoms with Gasteiger partial charge in [-0.1, -0.05) is 6.42 Å². The number of rotatable bonds is 3. The van der Waals surface area contributed by atoms with Gasteiger partial charge in [0.1, 0.15) is 5.82 Å². The Morgan fingerprint density at radius 3 is 3.06 bits per heavy atom. The topological polar surface area (TPSA) is 71.2 Å². The first-order valence-electron chi connectivity index (χ1n) is 6.29. The monoisotopic (exact) mass is 235 g/mol. The fourth-order valence-corrected chi connectivity index (χ4v) is 2.47. The second kappa shape index (κ2) is 5.36. The van der Waals surface area contributed by atoms with Crippen molar-refractivity contribution < 1.29 is 5.11 Å². The first-order chi connectivity index (χ1) is 8.15. The van der Waals surface area contributed by atoms with Crippen molar-refractivity contribution in [2.45, 2.75) is 38.7 Å². The molecule has 1 saturated carbocycles. The second-order valence-corrected chi connectivity index (χ2v) is 5.00. The number of hydrogen-bond donors (Lipinski definition) is 3. The molecule has 0 aromatic carbocycles. The first-order valence-corrected chi connectivity index (χ1v) is 6.29. The number of aliphatic hydroxyl groups is 1. The molecule has 4 N–H and O–H groups in total. The van der Waals surface area contributed by atoms with Crippen molar-refractivity contribution in [2.75, 3.05) is 17.6 Å². The normalized spacial score (nSPS) is 24.6. The summed E-state index contributed by atoms with van der Waals surface area (Å²) >= 11 is 0. The van der Waals surface area contributed by atoms with Gasteiger partial charge in [-0.05, 0) is 43.7 Å². The lowest BCUT2D eigenvalue weighted by Crippen LogP contribution is -2.25. The van der Waals surface area contributed by atoms with Gasteiger partial charge in [0.25, 0.3) is 0 Å². The molecule has 2 rings (SSSR count). The smallest absolute Gasteiger partial charge is 0.129 e. The molecule has 2 unspecified atom stereocenters. The Morgan fingerprint density at radius 1 is 1.53 bits per heavy atom. The van der Waals surface area contributed by atoms with E-state index >= 15 is 0 Å². The second-order valence-electron chi connectivity index (χ2n) is 5.00. The van der Waals surface area contributed by atoms with Crippen molar-refractivity contribution in [1.29, 1.82) is 0 Å². The highest BCUT2D eigenvalue weighted by atomic mass is 16.3. The molecule has 1 fully saturated rings. The molecular formula is C13H21N3O. The molecule has 4 nitrogen and oxygen atoms in total. The number of nitrogens with zero attached hydrogens (tertiary/aromatic N) is 1. The molecule has 0 radical (unpaired) electrons. The Morgan fingerprint density at radius 2 is 2.35 bits per heavy atom. The Bertz CT molecular complexity index is 381. The summed E-state index contributed by atoms with van der Waals surface area (Å²) in [6.45, 7) is 2.89. The highest BCUT2D eigenvalue weighted by molar-refractivity contribution is 5.50. The molecule has 94 valence electrons. The third-order valence-corrected chi connectivity index (χ3v) is 3.41. The van der Waals surface area contributed by atoms with E-state index in [2.05, 4.69) is 10.3 Å². The summed E-state index contributed by atoms with van der Waals surface area (Å²) in [6, 6.07) is 1.92. The lowest BCUT2D eigenvalue weighted by molar-refractivity contribution is 0.104. The molecule has 0 bridgehead atoms. The highest BCUT2D eigenvalue weighted by Crippen LogP contribution is 2.24. The highest BCUT2D eigenvalue weighted by Gasteiger charge is 2.19. The average Bonchev–Trinajstić information content (AvgIpc) is 2.28. The lowest BCUT2D eigenvalue weighted by atomic mass is 9.87. The predicted octanol–water partition coefficient (Wildman–Crippen LogP) is 1.94. The van der Waals surface area contributed by atoms with Crippen LogP contribution >= 0.6 is 0 Å². The molecule has 1 aromatic rings. The van der Waals surface area contributed by atoms with Crippen LogP contribution in [0.2, 0.25) is 0 Å². The molecule has 0 saturated heterocycles. The Kier molecular flexibility index (Phi) is 3.84. The number of aryl methyl sites for hydroxylation is 1. The van der Waals surface area contributed by atoms with E-state index in [-0.39, 0.29) is 6.10 Å². The van der Waals surface area contributed by atoms with E-state index in [1.165, 1.54) is 6.42 Å². The standard InChI is InChI=1S/C13H21N3O/c1-9-5-11(14)8-16-13(9)15-7-10-3-2-4-12(17)6-10/h5,8,10,12,17H,2-4,6-7,14H2,1H3,(H,15,16). The molecule has 1 aliphatic rings. The van der Waals surface area contributed by atoms with Crippen LogP contribution in [0.15, 0.2) is 12.3 Å². The van der Waals surface area contributed by atoms with Crippen LogP contribution in [0.1, 0.15) is 31.2 Å². The lowest BCUT2D eigenvalue weighted by Gasteiger charge is -2.26. The van der Waals surface area contributed by atoms with Crippen LogP contribution in [0.25, 0.3) is 0 Å². The van der Waals surface area contributed by atoms with Crippen molar-refractivity contribution >= 4 is 11.5 Å². The molecule has 4 heteroatoms. The van der Waals surface area contributed by atoms with Gasteiger partial charge in [0.2, 0.25) is 0 Å². The first kappa shape index (κ1) is 12.2. The number of hydrogen-bond acceptors (Lipinski definition) is 4. The molecule has 1 heterocycles. The van der Waals surface area contributed by atoms with E-state index in [1.54, 1.807) is 6.20 Å². The van der Waals surface area contributed by atoms with Crippen LogP contribution in [0, 0.1) is 12.8 Å². The number of nitrogen functional groups attached to an aromatic ring is 1. The van der Waals surface area contributed by atoms with E-state index in [9.17, 15) is 5.11 Å². The Balaban J connectivity index is 1.88. The van der Waals surface area contributed by atoms with Crippen LogP contribution in [-0.2, 0) is 0 Å². The summed E-state index contributed by atoms with van der Waals surface area (Å²) in [5.74, 6) is 1.46. The number of aromatic nitrogens is 1. The van der Waals surface area contributed by atoms with Crippen molar-refractivity contribution in [3.63, 3.8) is 0 Å². The fourth-order valence-electron chi connectivity index (χ4n) is 2.47. The molecule has 0 aliphatic heterocycles. The SMILES string of the molecule is Cc1cc(N)cnc1NCC1CCCC(O)C1. The number of nitrogens with one attached hydrogen (secondary N) is 1. The fraction of sp³-hybridized carbons (Fsp3) is 0.615. The van der Waals surface area contributed by atoms with Gasteiger partial charge >= 0.3 is 0 Å². The van der Waals surface area contributed by atoms with Crippen molar-refractivity contribution in [3.05, 3.63) is 17.8 Å². The third-order valence-electron chi connectivity index (χ3n) is 3.41. The minimum absolute atomic E-state index is 0.115. The molecule has 0 spiro atoms. The van der Waals surface area contributed by atoms with E-state index in [4.69, 9.17) is 5.73 Å². The minimum atomic E-state index is -0.115. The van der Waals surface area contributed by atoms with Crippen LogP contribution < -0.4 is 11.1 Å². The van der Waals surface area contributed by atoms with Crippen LogP contribution in [-0.4, -0.2) is 22.7 Å². The van der Waals surface area contributed by atoms with Crippen molar-refractivity contribution in [1.82, 2.24) is 4.98 Å². The van der Waals surface area contributed by atoms with E-state index in [1.807, 2.05) is 13.0 Å². The van der Waals surface area contributed by atoms with E-state index in [0.717, 1.165) is 37.2 Å². The predicted molar refractivity (Wildman–Crippen MR) is 69.8 cm³/mol. The zero-order chi connectivity index (χ0) is 12.3. The van der Waals surface area contributed by atoms with Gasteiger partial charge in [-0.2, -0.15) is 0 Å². The van der Waals surface area contributed by atoms with Crippen molar-refractivity contribution in [3.8, 4) is 0 Å². The third kappa shape index (κ3) is 3.33. The maximum Gasteiger partial charge on any atom is 0.129 e. The van der Waals surface area contributed by atoms with Crippen LogP contribution in [0.3, 0.4) is 0 Å². The zero-order valence-corrected chi connectivity index (χ0v) is 10.3.